The molecule has 0 unspecified atom stereocenters. The lowest BCUT2D eigenvalue weighted by Gasteiger charge is -2.58. The van der Waals surface area contributed by atoms with Crippen LogP contribution in [0.4, 0.5) is 0 Å². The van der Waals surface area contributed by atoms with E-state index in [2.05, 4.69) is 34.6 Å². The van der Waals surface area contributed by atoms with Crippen LogP contribution in [0, 0.1) is 52.8 Å². The average molecular weight is 347 g/mol. The number of aliphatic hydroxyl groups is 1. The zero-order valence-corrected chi connectivity index (χ0v) is 17.4. The van der Waals surface area contributed by atoms with Crippen molar-refractivity contribution in [3.63, 3.8) is 0 Å². The minimum absolute atomic E-state index is 0.376. The molecule has 0 aromatic heterocycles. The summed E-state index contributed by atoms with van der Waals surface area (Å²) in [6.07, 6.45) is 12.2. The van der Waals surface area contributed by atoms with E-state index in [0.29, 0.717) is 5.41 Å². The largest absolute Gasteiger partial charge is 0.390 e. The molecule has 0 aromatic rings. The van der Waals surface area contributed by atoms with Crippen molar-refractivity contribution in [2.75, 3.05) is 0 Å². The molecule has 4 aliphatic rings. The second-order valence-electron chi connectivity index (χ2n) is 11.4. The molecule has 0 spiro atoms. The number of rotatable bonds is 2. The van der Waals surface area contributed by atoms with E-state index in [1.54, 1.807) is 0 Å². The van der Waals surface area contributed by atoms with Crippen LogP contribution in [0.15, 0.2) is 0 Å². The minimum atomic E-state index is -0.376. The highest BCUT2D eigenvalue weighted by Gasteiger charge is 2.60. The van der Waals surface area contributed by atoms with Crippen molar-refractivity contribution < 1.29 is 5.11 Å². The van der Waals surface area contributed by atoms with Gasteiger partial charge in [-0.15, -0.1) is 0 Å². The highest BCUT2D eigenvalue weighted by atomic mass is 16.3. The summed E-state index contributed by atoms with van der Waals surface area (Å²) in [6, 6.07) is 0. The van der Waals surface area contributed by atoms with Gasteiger partial charge in [-0.3, -0.25) is 0 Å². The molecule has 0 heterocycles. The molecule has 0 aromatic carbocycles. The maximum absolute atomic E-state index is 10.6. The zero-order valence-electron chi connectivity index (χ0n) is 17.4. The first kappa shape index (κ1) is 18.3. The van der Waals surface area contributed by atoms with Crippen molar-refractivity contribution >= 4 is 0 Å². The molecular weight excluding hydrogens is 304 g/mol. The fourth-order valence-corrected chi connectivity index (χ4v) is 8.87. The smallest absolute Gasteiger partial charge is 0.0622 e. The topological polar surface area (TPSA) is 20.2 Å². The van der Waals surface area contributed by atoms with E-state index < -0.39 is 0 Å². The second kappa shape index (κ2) is 6.25. The Morgan fingerprint density at radius 3 is 2.36 bits per heavy atom. The number of fused-ring (bicyclic) bond motifs is 5. The molecule has 4 saturated carbocycles. The van der Waals surface area contributed by atoms with Crippen LogP contribution in [0.1, 0.15) is 92.4 Å². The predicted octanol–water partition coefficient (Wildman–Crippen LogP) is 6.30. The molecule has 0 radical (unpaired) electrons. The standard InChI is InChI=1S/C24H42O/c1-6-16-13-21(15(2)3)24(5)12-10-19-18-9-11-23(4,25)14-17(18)7-8-20(19)22(16)24/h15-22,25H,6-14H2,1-5H3/t16-,17-,18+,19-,20-,21-,22+,23-,24-/m1/s1. The molecule has 9 atom stereocenters. The summed E-state index contributed by atoms with van der Waals surface area (Å²) in [5.41, 5.74) is 0.238. The fraction of sp³-hybridized carbons (Fsp3) is 1.00. The predicted molar refractivity (Wildman–Crippen MR) is 105 cm³/mol. The first-order valence-corrected chi connectivity index (χ1v) is 11.5. The van der Waals surface area contributed by atoms with Gasteiger partial charge in [0.15, 0.2) is 0 Å². The van der Waals surface area contributed by atoms with Gasteiger partial charge >= 0.3 is 0 Å². The molecule has 144 valence electrons. The van der Waals surface area contributed by atoms with E-state index >= 15 is 0 Å². The van der Waals surface area contributed by atoms with Crippen LogP contribution in [0.5, 0.6) is 0 Å². The molecule has 4 rings (SSSR count). The molecule has 1 heteroatoms. The van der Waals surface area contributed by atoms with Crippen LogP contribution in [0.25, 0.3) is 0 Å². The van der Waals surface area contributed by atoms with Gasteiger partial charge in [0.05, 0.1) is 5.60 Å². The van der Waals surface area contributed by atoms with Gasteiger partial charge in [0, 0.05) is 0 Å². The Bertz CT molecular complexity index is 494. The average Bonchev–Trinajstić information content (AvgIpc) is 2.86. The van der Waals surface area contributed by atoms with Crippen molar-refractivity contribution in [3.8, 4) is 0 Å². The molecule has 0 bridgehead atoms. The molecule has 4 aliphatic carbocycles. The van der Waals surface area contributed by atoms with E-state index in [1.165, 1.54) is 44.9 Å². The lowest BCUT2D eigenvalue weighted by atomic mass is 9.47. The third-order valence-electron chi connectivity index (χ3n) is 9.77. The van der Waals surface area contributed by atoms with E-state index in [1.807, 2.05) is 0 Å². The number of hydrogen-bond donors (Lipinski definition) is 1. The Labute approximate surface area is 156 Å². The lowest BCUT2D eigenvalue weighted by molar-refractivity contribution is -0.108. The van der Waals surface area contributed by atoms with Crippen LogP contribution < -0.4 is 0 Å². The second-order valence-corrected chi connectivity index (χ2v) is 11.4. The molecule has 4 fully saturated rings. The Balaban J connectivity index is 1.60. The summed E-state index contributed by atoms with van der Waals surface area (Å²) in [5.74, 6) is 7.50. The van der Waals surface area contributed by atoms with Crippen molar-refractivity contribution in [1.29, 1.82) is 0 Å². The molecule has 1 N–H and O–H groups in total. The summed E-state index contributed by atoms with van der Waals surface area (Å²) in [5, 5.41) is 10.6. The van der Waals surface area contributed by atoms with Crippen LogP contribution in [0.3, 0.4) is 0 Å². The van der Waals surface area contributed by atoms with E-state index in [9.17, 15) is 5.11 Å². The minimum Gasteiger partial charge on any atom is -0.390 e. The van der Waals surface area contributed by atoms with Crippen molar-refractivity contribution in [1.82, 2.24) is 0 Å². The monoisotopic (exact) mass is 346 g/mol. The van der Waals surface area contributed by atoms with Crippen LogP contribution in [-0.4, -0.2) is 10.7 Å². The van der Waals surface area contributed by atoms with Crippen LogP contribution in [0.2, 0.25) is 0 Å². The van der Waals surface area contributed by atoms with E-state index in [-0.39, 0.29) is 5.60 Å². The van der Waals surface area contributed by atoms with E-state index in [0.717, 1.165) is 60.2 Å². The Hall–Kier alpha value is -0.0400. The van der Waals surface area contributed by atoms with Gasteiger partial charge in [0.25, 0.3) is 0 Å². The highest BCUT2D eigenvalue weighted by molar-refractivity contribution is 5.09. The summed E-state index contributed by atoms with van der Waals surface area (Å²) < 4.78 is 0. The molecule has 0 aliphatic heterocycles. The Morgan fingerprint density at radius 2 is 1.68 bits per heavy atom. The van der Waals surface area contributed by atoms with Crippen molar-refractivity contribution in [2.24, 2.45) is 52.8 Å². The first-order valence-electron chi connectivity index (χ1n) is 11.5. The summed E-state index contributed by atoms with van der Waals surface area (Å²) in [7, 11) is 0. The third-order valence-corrected chi connectivity index (χ3v) is 9.77. The summed E-state index contributed by atoms with van der Waals surface area (Å²) >= 11 is 0. The van der Waals surface area contributed by atoms with Crippen molar-refractivity contribution in [2.45, 2.75) is 98.0 Å². The maximum atomic E-state index is 10.6. The molecule has 0 saturated heterocycles. The van der Waals surface area contributed by atoms with Gasteiger partial charge in [-0.05, 0) is 111 Å². The summed E-state index contributed by atoms with van der Waals surface area (Å²) in [4.78, 5) is 0. The molecule has 25 heavy (non-hydrogen) atoms. The Morgan fingerprint density at radius 1 is 0.960 bits per heavy atom. The Kier molecular flexibility index (Phi) is 4.58. The highest BCUT2D eigenvalue weighted by Crippen LogP contribution is 2.67. The third kappa shape index (κ3) is 2.82. The normalized spacial score (nSPS) is 55.6. The van der Waals surface area contributed by atoms with Gasteiger partial charge in [0.2, 0.25) is 0 Å². The van der Waals surface area contributed by atoms with Crippen molar-refractivity contribution in [3.05, 3.63) is 0 Å². The van der Waals surface area contributed by atoms with Gasteiger partial charge < -0.3 is 5.11 Å². The quantitative estimate of drug-likeness (QED) is 0.622. The van der Waals surface area contributed by atoms with Gasteiger partial charge in [0.1, 0.15) is 0 Å². The fourth-order valence-electron chi connectivity index (χ4n) is 8.87. The maximum Gasteiger partial charge on any atom is 0.0622 e. The van der Waals surface area contributed by atoms with Gasteiger partial charge in [-0.1, -0.05) is 34.1 Å². The summed E-state index contributed by atoms with van der Waals surface area (Å²) in [6.45, 7) is 12.2. The van der Waals surface area contributed by atoms with Gasteiger partial charge in [-0.2, -0.15) is 0 Å². The first-order chi connectivity index (χ1) is 11.8. The van der Waals surface area contributed by atoms with Gasteiger partial charge in [-0.25, -0.2) is 0 Å². The molecule has 0 amide bonds. The SMILES string of the molecule is CC[C@@H]1C[C@H](C(C)C)[C@@]2(C)CC[C@H]3[C@@H](CC[C@@H]4C[C@](C)(O)CC[C@@H]43)[C@H]12. The number of hydrogen-bond acceptors (Lipinski definition) is 1. The molecule has 1 nitrogen and oxygen atoms in total. The van der Waals surface area contributed by atoms with E-state index in [4.69, 9.17) is 0 Å². The zero-order chi connectivity index (χ0) is 18.0. The van der Waals surface area contributed by atoms with Crippen LogP contribution in [-0.2, 0) is 0 Å². The van der Waals surface area contributed by atoms with Crippen LogP contribution >= 0.6 is 0 Å². The molecular formula is C24H42O. The lowest BCUT2D eigenvalue weighted by Crippen LogP contribution is -2.51.